The SMILES string of the molecule is C[C@@H](O)CCCCC/C=C1\C=CC(=O)O1. The highest BCUT2D eigenvalue weighted by molar-refractivity contribution is 5.86. The summed E-state index contributed by atoms with van der Waals surface area (Å²) in [7, 11) is 0. The van der Waals surface area contributed by atoms with E-state index in [-0.39, 0.29) is 12.1 Å². The Kier molecular flexibility index (Phi) is 5.12. The van der Waals surface area contributed by atoms with Crippen molar-refractivity contribution in [2.75, 3.05) is 0 Å². The van der Waals surface area contributed by atoms with Crippen LogP contribution in [0.25, 0.3) is 0 Å². The summed E-state index contributed by atoms with van der Waals surface area (Å²) in [6, 6.07) is 0. The van der Waals surface area contributed by atoms with Crippen molar-refractivity contribution in [3.8, 4) is 0 Å². The fourth-order valence-corrected chi connectivity index (χ4v) is 1.45. The maximum Gasteiger partial charge on any atom is 0.336 e. The van der Waals surface area contributed by atoms with Gasteiger partial charge >= 0.3 is 5.97 Å². The summed E-state index contributed by atoms with van der Waals surface area (Å²) in [6.07, 6.45) is 9.88. The lowest BCUT2D eigenvalue weighted by Crippen LogP contribution is -1.98. The fourth-order valence-electron chi connectivity index (χ4n) is 1.45. The summed E-state index contributed by atoms with van der Waals surface area (Å²) in [5.41, 5.74) is 0. The molecule has 1 aliphatic rings. The van der Waals surface area contributed by atoms with Gasteiger partial charge < -0.3 is 9.84 Å². The topological polar surface area (TPSA) is 46.5 Å². The molecule has 0 aromatic rings. The second kappa shape index (κ2) is 6.40. The van der Waals surface area contributed by atoms with Gasteiger partial charge in [-0.1, -0.05) is 12.8 Å². The molecule has 0 saturated heterocycles. The Labute approximate surface area is 90.4 Å². The standard InChI is InChI=1S/C12H18O3/c1-10(13)6-4-2-3-5-7-11-8-9-12(14)15-11/h7-10,13H,2-6H2,1H3/b11-7+/t10-/m1/s1. The summed E-state index contributed by atoms with van der Waals surface area (Å²) in [6.45, 7) is 1.81. The normalized spacial score (nSPS) is 19.6. The summed E-state index contributed by atoms with van der Waals surface area (Å²) in [4.78, 5) is 10.7. The minimum Gasteiger partial charge on any atom is -0.424 e. The zero-order chi connectivity index (χ0) is 11.1. The largest absolute Gasteiger partial charge is 0.424 e. The molecule has 3 heteroatoms. The Bertz CT molecular complexity index is 264. The molecule has 0 unspecified atom stereocenters. The van der Waals surface area contributed by atoms with Crippen molar-refractivity contribution in [3.05, 3.63) is 24.0 Å². The molecule has 0 aromatic carbocycles. The average Bonchev–Trinajstić information content (AvgIpc) is 2.57. The predicted molar refractivity (Wildman–Crippen MR) is 58.1 cm³/mol. The van der Waals surface area contributed by atoms with E-state index in [0.717, 1.165) is 32.1 Å². The molecule has 15 heavy (non-hydrogen) atoms. The van der Waals surface area contributed by atoms with E-state index in [4.69, 9.17) is 9.84 Å². The Morgan fingerprint density at radius 2 is 2.20 bits per heavy atom. The lowest BCUT2D eigenvalue weighted by atomic mass is 10.1. The third-order valence-corrected chi connectivity index (χ3v) is 2.27. The van der Waals surface area contributed by atoms with E-state index in [9.17, 15) is 4.79 Å². The van der Waals surface area contributed by atoms with Crippen LogP contribution in [0.4, 0.5) is 0 Å². The first-order valence-corrected chi connectivity index (χ1v) is 5.46. The summed E-state index contributed by atoms with van der Waals surface area (Å²) in [5, 5.41) is 9.03. The number of ether oxygens (including phenoxy) is 1. The van der Waals surface area contributed by atoms with Crippen molar-refractivity contribution in [1.29, 1.82) is 0 Å². The van der Waals surface area contributed by atoms with Crippen LogP contribution < -0.4 is 0 Å². The number of esters is 1. The zero-order valence-corrected chi connectivity index (χ0v) is 9.11. The molecule has 0 radical (unpaired) electrons. The van der Waals surface area contributed by atoms with E-state index in [1.165, 1.54) is 6.08 Å². The monoisotopic (exact) mass is 210 g/mol. The molecule has 0 aromatic heterocycles. The number of cyclic esters (lactones) is 1. The van der Waals surface area contributed by atoms with Crippen LogP contribution in [0.5, 0.6) is 0 Å². The molecule has 0 aliphatic carbocycles. The minimum atomic E-state index is -0.282. The van der Waals surface area contributed by atoms with Crippen molar-refractivity contribution in [3.63, 3.8) is 0 Å². The smallest absolute Gasteiger partial charge is 0.336 e. The number of carbonyl (C=O) groups is 1. The molecule has 0 spiro atoms. The maximum absolute atomic E-state index is 10.7. The van der Waals surface area contributed by atoms with Gasteiger partial charge in [0.05, 0.1) is 6.10 Å². The number of hydrogen-bond donors (Lipinski definition) is 1. The number of allylic oxidation sites excluding steroid dienone is 2. The Balaban J connectivity index is 2.02. The van der Waals surface area contributed by atoms with Crippen LogP contribution in [0.1, 0.15) is 39.0 Å². The molecule has 0 bridgehead atoms. The summed E-state index contributed by atoms with van der Waals surface area (Å²) >= 11 is 0. The van der Waals surface area contributed by atoms with Gasteiger partial charge in [0.15, 0.2) is 0 Å². The van der Waals surface area contributed by atoms with Crippen LogP contribution in [-0.4, -0.2) is 17.2 Å². The molecular formula is C12H18O3. The van der Waals surface area contributed by atoms with Gasteiger partial charge in [-0.2, -0.15) is 0 Å². The fraction of sp³-hybridized carbons (Fsp3) is 0.583. The number of aliphatic hydroxyl groups is 1. The van der Waals surface area contributed by atoms with Crippen molar-refractivity contribution in [2.45, 2.75) is 45.1 Å². The molecular weight excluding hydrogens is 192 g/mol. The van der Waals surface area contributed by atoms with E-state index in [1.54, 1.807) is 6.08 Å². The third-order valence-electron chi connectivity index (χ3n) is 2.27. The Hall–Kier alpha value is -1.09. The zero-order valence-electron chi connectivity index (χ0n) is 9.11. The van der Waals surface area contributed by atoms with E-state index < -0.39 is 0 Å². The van der Waals surface area contributed by atoms with Crippen molar-refractivity contribution in [2.24, 2.45) is 0 Å². The molecule has 1 atom stereocenters. The van der Waals surface area contributed by atoms with E-state index in [0.29, 0.717) is 5.76 Å². The van der Waals surface area contributed by atoms with Crippen molar-refractivity contribution < 1.29 is 14.6 Å². The van der Waals surface area contributed by atoms with Crippen LogP contribution in [0, 0.1) is 0 Å². The predicted octanol–water partition coefficient (Wildman–Crippen LogP) is 2.31. The van der Waals surface area contributed by atoms with Gasteiger partial charge in [-0.15, -0.1) is 0 Å². The molecule has 1 N–H and O–H groups in total. The molecule has 84 valence electrons. The Morgan fingerprint density at radius 1 is 1.40 bits per heavy atom. The molecule has 3 nitrogen and oxygen atoms in total. The first-order chi connectivity index (χ1) is 7.18. The van der Waals surface area contributed by atoms with Gasteiger partial charge in [0.1, 0.15) is 5.76 Å². The second-order valence-electron chi connectivity index (χ2n) is 3.85. The van der Waals surface area contributed by atoms with Gasteiger partial charge in [-0.3, -0.25) is 0 Å². The minimum absolute atomic E-state index is 0.193. The highest BCUT2D eigenvalue weighted by atomic mass is 16.5. The highest BCUT2D eigenvalue weighted by Gasteiger charge is 2.07. The van der Waals surface area contributed by atoms with E-state index in [1.807, 2.05) is 13.0 Å². The number of carbonyl (C=O) groups excluding carboxylic acids is 1. The van der Waals surface area contributed by atoms with Crippen LogP contribution in [0.15, 0.2) is 24.0 Å². The molecule has 1 rings (SSSR count). The van der Waals surface area contributed by atoms with Crippen LogP contribution in [-0.2, 0) is 9.53 Å². The summed E-state index contributed by atoms with van der Waals surface area (Å²) < 4.78 is 4.88. The first kappa shape index (κ1) is 12.0. The van der Waals surface area contributed by atoms with Gasteiger partial charge in [0, 0.05) is 6.08 Å². The lowest BCUT2D eigenvalue weighted by molar-refractivity contribution is -0.132. The van der Waals surface area contributed by atoms with Gasteiger partial charge in [-0.25, -0.2) is 4.79 Å². The first-order valence-electron chi connectivity index (χ1n) is 5.46. The van der Waals surface area contributed by atoms with Crippen molar-refractivity contribution >= 4 is 5.97 Å². The third kappa shape index (κ3) is 5.37. The molecule has 1 aliphatic heterocycles. The van der Waals surface area contributed by atoms with Gasteiger partial charge in [0.25, 0.3) is 0 Å². The number of hydrogen-bond acceptors (Lipinski definition) is 3. The Morgan fingerprint density at radius 3 is 2.80 bits per heavy atom. The lowest BCUT2D eigenvalue weighted by Gasteiger charge is -2.02. The molecule has 0 saturated carbocycles. The van der Waals surface area contributed by atoms with Crippen LogP contribution >= 0.6 is 0 Å². The number of aliphatic hydroxyl groups excluding tert-OH is 1. The number of rotatable bonds is 6. The molecule has 1 heterocycles. The molecule has 0 fully saturated rings. The van der Waals surface area contributed by atoms with Gasteiger partial charge in [-0.05, 0) is 38.3 Å². The van der Waals surface area contributed by atoms with E-state index >= 15 is 0 Å². The van der Waals surface area contributed by atoms with Crippen LogP contribution in [0.2, 0.25) is 0 Å². The number of unbranched alkanes of at least 4 members (excludes halogenated alkanes) is 3. The van der Waals surface area contributed by atoms with E-state index in [2.05, 4.69) is 0 Å². The molecule has 0 amide bonds. The maximum atomic E-state index is 10.7. The quantitative estimate of drug-likeness (QED) is 0.540. The average molecular weight is 210 g/mol. The highest BCUT2D eigenvalue weighted by Crippen LogP contribution is 2.12. The second-order valence-corrected chi connectivity index (χ2v) is 3.85. The van der Waals surface area contributed by atoms with Gasteiger partial charge in [0.2, 0.25) is 0 Å². The summed E-state index contributed by atoms with van der Waals surface area (Å²) in [5.74, 6) is 0.380. The van der Waals surface area contributed by atoms with Crippen molar-refractivity contribution in [1.82, 2.24) is 0 Å². The van der Waals surface area contributed by atoms with Crippen LogP contribution in [0.3, 0.4) is 0 Å².